The molecule has 0 bridgehead atoms. The first kappa shape index (κ1) is 25.0. The molecule has 0 aliphatic heterocycles. The number of anilines is 1. The van der Waals surface area contributed by atoms with Gasteiger partial charge in [0.1, 0.15) is 23.1 Å². The summed E-state index contributed by atoms with van der Waals surface area (Å²) in [6, 6.07) is 20.9. The number of nitrogens with one attached hydrogen (secondary N) is 2. The minimum Gasteiger partial charge on any atom is -0.480 e. The highest BCUT2D eigenvalue weighted by Gasteiger charge is 2.23. The first-order valence-corrected chi connectivity index (χ1v) is 12.5. The average Bonchev–Trinajstić information content (AvgIpc) is 2.89. The van der Waals surface area contributed by atoms with Crippen LogP contribution < -0.4 is 10.0 Å². The maximum absolute atomic E-state index is 13.2. The number of sulfonamides is 1. The van der Waals surface area contributed by atoms with Crippen molar-refractivity contribution in [1.82, 2.24) is 14.7 Å². The third-order valence-corrected chi connectivity index (χ3v) is 6.82. The summed E-state index contributed by atoms with van der Waals surface area (Å²) in [5.41, 5.74) is 3.01. The lowest BCUT2D eigenvalue weighted by molar-refractivity contribution is -0.134. The predicted octanol–water partition coefficient (Wildman–Crippen LogP) is 4.04. The van der Waals surface area contributed by atoms with Crippen LogP contribution in [0.25, 0.3) is 11.1 Å². The fourth-order valence-electron chi connectivity index (χ4n) is 3.59. The highest BCUT2D eigenvalue weighted by atomic mass is 32.2. The van der Waals surface area contributed by atoms with Crippen LogP contribution in [0.5, 0.6) is 0 Å². The summed E-state index contributed by atoms with van der Waals surface area (Å²) in [6.07, 6.45) is 3.02. The summed E-state index contributed by atoms with van der Waals surface area (Å²) < 4.78 is 42.1. The van der Waals surface area contributed by atoms with E-state index in [1.54, 1.807) is 30.3 Å². The van der Waals surface area contributed by atoms with Crippen LogP contribution in [0.4, 0.5) is 10.2 Å². The highest BCUT2D eigenvalue weighted by Crippen LogP contribution is 2.24. The van der Waals surface area contributed by atoms with Crippen molar-refractivity contribution >= 4 is 21.8 Å². The number of carboxylic acids is 1. The van der Waals surface area contributed by atoms with Gasteiger partial charge in [0.05, 0.1) is 11.7 Å². The maximum Gasteiger partial charge on any atom is 0.322 e. The lowest BCUT2D eigenvalue weighted by atomic mass is 9.99. The standard InChI is InChI=1S/C26H23FN4O4S/c27-21-12-10-20(11-13-21)19-8-6-18(7-9-19)15-24(31-36(34,35)22-3-2-14-28-16-22)23-4-1-5-25(30-23)29-17-26(32)33/h1-14,16,24,31H,15,17H2,(H,29,30)(H,32,33). The van der Waals surface area contributed by atoms with Crippen molar-refractivity contribution in [3.8, 4) is 11.1 Å². The number of hydrogen-bond acceptors (Lipinski definition) is 6. The second-order valence-corrected chi connectivity index (χ2v) is 9.68. The molecule has 0 spiro atoms. The molecule has 2 aromatic carbocycles. The van der Waals surface area contributed by atoms with Crippen molar-refractivity contribution in [3.63, 3.8) is 0 Å². The number of hydrogen-bond donors (Lipinski definition) is 3. The van der Waals surface area contributed by atoms with Crippen molar-refractivity contribution in [1.29, 1.82) is 0 Å². The molecule has 0 saturated heterocycles. The molecular formula is C26H23FN4O4S. The van der Waals surface area contributed by atoms with E-state index in [0.29, 0.717) is 11.5 Å². The molecule has 2 heterocycles. The predicted molar refractivity (Wildman–Crippen MR) is 133 cm³/mol. The Labute approximate surface area is 207 Å². The SMILES string of the molecule is O=C(O)CNc1cccc(C(Cc2ccc(-c3ccc(F)cc3)cc2)NS(=O)(=O)c2cccnc2)n1. The van der Waals surface area contributed by atoms with E-state index in [2.05, 4.69) is 20.0 Å². The average molecular weight is 507 g/mol. The van der Waals surface area contributed by atoms with E-state index >= 15 is 0 Å². The van der Waals surface area contributed by atoms with Gasteiger partial charge in [0.2, 0.25) is 10.0 Å². The Morgan fingerprint density at radius 1 is 0.944 bits per heavy atom. The molecule has 4 aromatic rings. The summed E-state index contributed by atoms with van der Waals surface area (Å²) in [6.45, 7) is -0.326. The van der Waals surface area contributed by atoms with Gasteiger partial charge in [-0.1, -0.05) is 42.5 Å². The zero-order valence-corrected chi connectivity index (χ0v) is 19.8. The van der Waals surface area contributed by atoms with Crippen LogP contribution in [0, 0.1) is 5.82 Å². The summed E-state index contributed by atoms with van der Waals surface area (Å²) in [5.74, 6) is -1.05. The van der Waals surface area contributed by atoms with Crippen LogP contribution in [0.1, 0.15) is 17.3 Å². The Kier molecular flexibility index (Phi) is 7.67. The Balaban J connectivity index is 1.62. The normalized spacial score (nSPS) is 12.1. The molecule has 0 aliphatic carbocycles. The zero-order valence-electron chi connectivity index (χ0n) is 19.0. The molecule has 0 saturated carbocycles. The third-order valence-electron chi connectivity index (χ3n) is 5.36. The van der Waals surface area contributed by atoms with Gasteiger partial charge in [0.15, 0.2) is 0 Å². The van der Waals surface area contributed by atoms with Crippen molar-refractivity contribution in [2.45, 2.75) is 17.4 Å². The van der Waals surface area contributed by atoms with Gasteiger partial charge >= 0.3 is 5.97 Å². The first-order chi connectivity index (χ1) is 17.3. The fraction of sp³-hybridized carbons (Fsp3) is 0.115. The monoisotopic (exact) mass is 506 g/mol. The van der Waals surface area contributed by atoms with Gasteiger partial charge in [-0.3, -0.25) is 9.78 Å². The van der Waals surface area contributed by atoms with Crippen LogP contribution in [-0.2, 0) is 21.2 Å². The largest absolute Gasteiger partial charge is 0.480 e. The number of rotatable bonds is 10. The second kappa shape index (κ2) is 11.1. The molecule has 0 fully saturated rings. The number of carbonyl (C=O) groups is 1. The molecule has 3 N–H and O–H groups in total. The van der Waals surface area contributed by atoms with E-state index in [9.17, 15) is 17.6 Å². The quantitative estimate of drug-likeness (QED) is 0.297. The Hall–Kier alpha value is -4.15. The van der Waals surface area contributed by atoms with E-state index in [4.69, 9.17) is 5.11 Å². The van der Waals surface area contributed by atoms with Gasteiger partial charge in [-0.15, -0.1) is 0 Å². The molecule has 1 unspecified atom stereocenters. The van der Waals surface area contributed by atoms with Crippen LogP contribution in [0.15, 0.2) is 96.2 Å². The van der Waals surface area contributed by atoms with Crippen LogP contribution in [0.3, 0.4) is 0 Å². The Morgan fingerprint density at radius 3 is 2.28 bits per heavy atom. The number of aliphatic carboxylic acids is 1. The van der Waals surface area contributed by atoms with E-state index < -0.39 is 22.0 Å². The summed E-state index contributed by atoms with van der Waals surface area (Å²) in [7, 11) is -3.92. The first-order valence-electron chi connectivity index (χ1n) is 11.0. The molecule has 0 radical (unpaired) electrons. The van der Waals surface area contributed by atoms with Gasteiger partial charge in [-0.05, 0) is 59.5 Å². The van der Waals surface area contributed by atoms with Gasteiger partial charge in [0, 0.05) is 12.4 Å². The third kappa shape index (κ3) is 6.49. The molecule has 36 heavy (non-hydrogen) atoms. The molecule has 0 amide bonds. The summed E-state index contributed by atoms with van der Waals surface area (Å²) in [4.78, 5) is 19.3. The highest BCUT2D eigenvalue weighted by molar-refractivity contribution is 7.89. The number of aromatic nitrogens is 2. The molecule has 10 heteroatoms. The van der Waals surface area contributed by atoms with Crippen molar-refractivity contribution in [2.24, 2.45) is 0 Å². The van der Waals surface area contributed by atoms with E-state index in [1.807, 2.05) is 24.3 Å². The van der Waals surface area contributed by atoms with Crippen molar-refractivity contribution in [3.05, 3.63) is 108 Å². The lowest BCUT2D eigenvalue weighted by Crippen LogP contribution is -2.31. The zero-order chi connectivity index (χ0) is 25.5. The maximum atomic E-state index is 13.2. The van der Waals surface area contributed by atoms with Crippen LogP contribution in [-0.4, -0.2) is 36.0 Å². The Bertz CT molecular complexity index is 1430. The number of halogens is 1. The van der Waals surface area contributed by atoms with Crippen LogP contribution in [0.2, 0.25) is 0 Å². The van der Waals surface area contributed by atoms with E-state index in [1.165, 1.54) is 36.7 Å². The molecule has 8 nitrogen and oxygen atoms in total. The minimum absolute atomic E-state index is 0.0156. The molecule has 4 rings (SSSR count). The molecular weight excluding hydrogens is 483 g/mol. The number of carboxylic acid groups (broad SMARTS) is 1. The molecule has 2 aromatic heterocycles. The van der Waals surface area contributed by atoms with Crippen molar-refractivity contribution < 1.29 is 22.7 Å². The van der Waals surface area contributed by atoms with Crippen LogP contribution >= 0.6 is 0 Å². The van der Waals surface area contributed by atoms with Gasteiger partial charge in [0.25, 0.3) is 0 Å². The number of pyridine rings is 2. The molecule has 184 valence electrons. The molecule has 1 atom stereocenters. The fourth-order valence-corrected chi connectivity index (χ4v) is 4.76. The molecule has 0 aliphatic rings. The number of nitrogens with zero attached hydrogens (tertiary/aromatic N) is 2. The minimum atomic E-state index is -3.92. The van der Waals surface area contributed by atoms with E-state index in [-0.39, 0.29) is 23.7 Å². The van der Waals surface area contributed by atoms with Gasteiger partial charge in [-0.25, -0.2) is 22.5 Å². The van der Waals surface area contributed by atoms with Gasteiger partial charge < -0.3 is 10.4 Å². The smallest absolute Gasteiger partial charge is 0.322 e. The van der Waals surface area contributed by atoms with Gasteiger partial charge in [-0.2, -0.15) is 0 Å². The second-order valence-electron chi connectivity index (χ2n) is 7.97. The summed E-state index contributed by atoms with van der Waals surface area (Å²) >= 11 is 0. The van der Waals surface area contributed by atoms with E-state index in [0.717, 1.165) is 16.7 Å². The Morgan fingerprint density at radius 2 is 1.64 bits per heavy atom. The van der Waals surface area contributed by atoms with Crippen molar-refractivity contribution in [2.75, 3.05) is 11.9 Å². The number of benzene rings is 2. The lowest BCUT2D eigenvalue weighted by Gasteiger charge is -2.19. The topological polar surface area (TPSA) is 121 Å². The summed E-state index contributed by atoms with van der Waals surface area (Å²) in [5, 5.41) is 11.6.